The van der Waals surface area contributed by atoms with Crippen molar-refractivity contribution in [3.8, 4) is 22.5 Å². The molecule has 0 aliphatic rings. The lowest BCUT2D eigenvalue weighted by Gasteiger charge is -2.18. The molecular weight excluding hydrogens is 435 g/mol. The first-order chi connectivity index (χ1) is 12.3. The second-order valence-corrected chi connectivity index (χ2v) is 6.77. The molecule has 0 fully saturated rings. The highest BCUT2D eigenvalue weighted by atomic mass is 79.9. The van der Waals surface area contributed by atoms with Gasteiger partial charge in [0.2, 0.25) is 0 Å². The Kier molecular flexibility index (Phi) is 4.98. The average molecular weight is 447 g/mol. The third-order valence-electron chi connectivity index (χ3n) is 3.95. The minimum atomic E-state index is -1.12. The van der Waals surface area contributed by atoms with Gasteiger partial charge in [0, 0.05) is 31.3 Å². The van der Waals surface area contributed by atoms with E-state index in [-0.39, 0.29) is 22.8 Å². The third kappa shape index (κ3) is 2.97. The summed E-state index contributed by atoms with van der Waals surface area (Å²) in [7, 11) is 1.64. The first-order valence-electron chi connectivity index (χ1n) is 7.52. The molecule has 0 atom stereocenters. The number of aromatic nitrogens is 3. The number of hydrogen-bond acceptors (Lipinski definition) is 2. The smallest absolute Gasteiger partial charge is 0.269 e. The number of pyridine rings is 1. The summed E-state index contributed by atoms with van der Waals surface area (Å²) >= 11 is 9.40. The number of halogens is 5. The topological polar surface area (TPSA) is 39.8 Å². The van der Waals surface area contributed by atoms with Gasteiger partial charge in [-0.05, 0) is 28.9 Å². The summed E-state index contributed by atoms with van der Waals surface area (Å²) in [6, 6.07) is 2.47. The quantitative estimate of drug-likeness (QED) is 0.581. The van der Waals surface area contributed by atoms with E-state index in [2.05, 4.69) is 21.0 Å². The molecule has 9 heteroatoms. The van der Waals surface area contributed by atoms with Crippen LogP contribution in [0, 0.1) is 17.5 Å². The van der Waals surface area contributed by atoms with E-state index in [1.165, 1.54) is 16.9 Å². The number of hydrogen-bond donors (Lipinski definition) is 0. The van der Waals surface area contributed by atoms with Gasteiger partial charge in [0.05, 0.1) is 27.6 Å². The standard InChI is InChI=1S/C17H12BrClF3N3O/c1-3-25-16(14-12(21)4-8(20)5-13(14)22)9(6-11(19)17(25)26)15-10(18)7-23-24(15)2/h4-7H,3H2,1-2H3. The Morgan fingerprint density at radius 2 is 1.77 bits per heavy atom. The Labute approximate surface area is 160 Å². The van der Waals surface area contributed by atoms with Gasteiger partial charge in [-0.1, -0.05) is 11.6 Å². The van der Waals surface area contributed by atoms with Crippen molar-refractivity contribution in [2.24, 2.45) is 7.05 Å². The predicted octanol–water partition coefficient (Wildman–Crippen LogP) is 4.77. The van der Waals surface area contributed by atoms with E-state index in [0.29, 0.717) is 22.3 Å². The largest absolute Gasteiger partial charge is 0.306 e. The van der Waals surface area contributed by atoms with Crippen molar-refractivity contribution in [3.05, 3.63) is 61.7 Å². The maximum Gasteiger partial charge on any atom is 0.269 e. The molecular formula is C17H12BrClF3N3O. The van der Waals surface area contributed by atoms with Crippen LogP contribution in [0.2, 0.25) is 5.02 Å². The molecule has 1 aromatic carbocycles. The molecule has 4 nitrogen and oxygen atoms in total. The zero-order chi connectivity index (χ0) is 19.2. The molecule has 136 valence electrons. The van der Waals surface area contributed by atoms with Crippen molar-refractivity contribution in [3.63, 3.8) is 0 Å². The van der Waals surface area contributed by atoms with Gasteiger partial charge in [-0.2, -0.15) is 5.10 Å². The monoisotopic (exact) mass is 445 g/mol. The molecule has 0 amide bonds. The van der Waals surface area contributed by atoms with Crippen molar-refractivity contribution in [2.75, 3.05) is 0 Å². The van der Waals surface area contributed by atoms with Crippen molar-refractivity contribution in [1.82, 2.24) is 14.3 Å². The van der Waals surface area contributed by atoms with Crippen molar-refractivity contribution in [1.29, 1.82) is 0 Å². The normalized spacial score (nSPS) is 11.2. The SMILES string of the molecule is CCn1c(-c2c(F)cc(F)cc2F)c(-c2c(Br)cnn2C)cc(Cl)c1=O. The van der Waals surface area contributed by atoms with Gasteiger partial charge in [0.15, 0.2) is 0 Å². The molecule has 0 saturated carbocycles. The van der Waals surface area contributed by atoms with Crippen LogP contribution in [0.5, 0.6) is 0 Å². The van der Waals surface area contributed by atoms with E-state index < -0.39 is 28.6 Å². The van der Waals surface area contributed by atoms with E-state index in [4.69, 9.17) is 11.6 Å². The molecule has 0 saturated heterocycles. The van der Waals surface area contributed by atoms with Gasteiger partial charge in [0.1, 0.15) is 22.5 Å². The molecule has 3 aromatic rings. The van der Waals surface area contributed by atoms with Crippen molar-refractivity contribution < 1.29 is 13.2 Å². The van der Waals surface area contributed by atoms with Crippen LogP contribution < -0.4 is 5.56 Å². The molecule has 26 heavy (non-hydrogen) atoms. The lowest BCUT2D eigenvalue weighted by atomic mass is 10.0. The minimum Gasteiger partial charge on any atom is -0.306 e. The van der Waals surface area contributed by atoms with E-state index >= 15 is 0 Å². The van der Waals surface area contributed by atoms with Crippen molar-refractivity contribution in [2.45, 2.75) is 13.5 Å². The van der Waals surface area contributed by atoms with Gasteiger partial charge in [0.25, 0.3) is 5.56 Å². The van der Waals surface area contributed by atoms with Crippen LogP contribution in [0.3, 0.4) is 0 Å². The maximum absolute atomic E-state index is 14.5. The zero-order valence-corrected chi connectivity index (χ0v) is 16.0. The Morgan fingerprint density at radius 3 is 2.27 bits per heavy atom. The first-order valence-corrected chi connectivity index (χ1v) is 8.69. The van der Waals surface area contributed by atoms with Gasteiger partial charge < -0.3 is 4.57 Å². The average Bonchev–Trinajstić information content (AvgIpc) is 2.89. The third-order valence-corrected chi connectivity index (χ3v) is 4.81. The Bertz CT molecular complexity index is 1040. The molecule has 0 bridgehead atoms. The van der Waals surface area contributed by atoms with Crippen LogP contribution in [-0.2, 0) is 13.6 Å². The first kappa shape index (κ1) is 18.7. The van der Waals surface area contributed by atoms with E-state index in [0.717, 1.165) is 4.57 Å². The van der Waals surface area contributed by atoms with Crippen LogP contribution >= 0.6 is 27.5 Å². The number of aryl methyl sites for hydroxylation is 1. The summed E-state index contributed by atoms with van der Waals surface area (Å²) in [4.78, 5) is 12.5. The molecule has 0 radical (unpaired) electrons. The van der Waals surface area contributed by atoms with Crippen molar-refractivity contribution >= 4 is 27.5 Å². The summed E-state index contributed by atoms with van der Waals surface area (Å²) in [6.45, 7) is 1.75. The van der Waals surface area contributed by atoms with Crippen LogP contribution in [0.15, 0.2) is 33.7 Å². The maximum atomic E-state index is 14.5. The van der Waals surface area contributed by atoms with Crippen LogP contribution in [-0.4, -0.2) is 14.3 Å². The molecule has 0 unspecified atom stereocenters. The fourth-order valence-electron chi connectivity index (χ4n) is 2.87. The second-order valence-electron chi connectivity index (χ2n) is 5.51. The zero-order valence-electron chi connectivity index (χ0n) is 13.7. The minimum absolute atomic E-state index is 0.0406. The lowest BCUT2D eigenvalue weighted by molar-refractivity contribution is 0.545. The van der Waals surface area contributed by atoms with E-state index in [1.54, 1.807) is 14.0 Å². The Morgan fingerprint density at radius 1 is 1.15 bits per heavy atom. The highest BCUT2D eigenvalue weighted by Gasteiger charge is 2.25. The molecule has 0 aliphatic carbocycles. The molecule has 2 aromatic heterocycles. The summed E-state index contributed by atoms with van der Waals surface area (Å²) in [6.07, 6.45) is 1.51. The molecule has 3 rings (SSSR count). The van der Waals surface area contributed by atoms with Crippen LogP contribution in [0.25, 0.3) is 22.5 Å². The molecule has 0 aliphatic heterocycles. The fraction of sp³-hybridized carbons (Fsp3) is 0.176. The summed E-state index contributed by atoms with van der Waals surface area (Å²) in [5.41, 5.74) is -0.402. The lowest BCUT2D eigenvalue weighted by Crippen LogP contribution is -2.23. The van der Waals surface area contributed by atoms with Crippen LogP contribution in [0.1, 0.15) is 6.92 Å². The van der Waals surface area contributed by atoms with Gasteiger partial charge in [-0.25, -0.2) is 13.2 Å². The second kappa shape index (κ2) is 6.92. The highest BCUT2D eigenvalue weighted by molar-refractivity contribution is 9.10. The predicted molar refractivity (Wildman–Crippen MR) is 96.6 cm³/mol. The summed E-state index contributed by atoms with van der Waals surface area (Å²) in [5.74, 6) is -3.29. The van der Waals surface area contributed by atoms with E-state index in [1.807, 2.05) is 0 Å². The number of benzene rings is 1. The fourth-order valence-corrected chi connectivity index (χ4v) is 3.64. The number of rotatable bonds is 3. The van der Waals surface area contributed by atoms with Crippen LogP contribution in [0.4, 0.5) is 13.2 Å². The Balaban J connectivity index is 2.53. The van der Waals surface area contributed by atoms with Gasteiger partial charge in [-0.3, -0.25) is 9.48 Å². The summed E-state index contributed by atoms with van der Waals surface area (Å²) < 4.78 is 45.5. The van der Waals surface area contributed by atoms with Gasteiger partial charge in [-0.15, -0.1) is 0 Å². The molecule has 0 spiro atoms. The molecule has 2 heterocycles. The number of nitrogens with zero attached hydrogens (tertiary/aromatic N) is 3. The van der Waals surface area contributed by atoms with Gasteiger partial charge >= 0.3 is 0 Å². The Hall–Kier alpha value is -2.06. The highest BCUT2D eigenvalue weighted by Crippen LogP contribution is 2.38. The molecule has 0 N–H and O–H groups in total. The summed E-state index contributed by atoms with van der Waals surface area (Å²) in [5, 5.41) is 3.98. The van der Waals surface area contributed by atoms with E-state index in [9.17, 15) is 18.0 Å².